The van der Waals surface area contributed by atoms with Crippen molar-refractivity contribution in [1.82, 2.24) is 20.4 Å². The zero-order valence-corrected chi connectivity index (χ0v) is 15.2. The van der Waals surface area contributed by atoms with Gasteiger partial charge in [0.05, 0.1) is 6.54 Å². The zero-order valence-electron chi connectivity index (χ0n) is 15.2. The smallest absolute Gasteiger partial charge is 0.241 e. The monoisotopic (exact) mass is 358 g/mol. The molecule has 0 bridgehead atoms. The van der Waals surface area contributed by atoms with E-state index in [1.54, 1.807) is 7.11 Å². The normalized spacial score (nSPS) is 15.9. The molecule has 26 heavy (non-hydrogen) atoms. The van der Waals surface area contributed by atoms with Crippen molar-refractivity contribution >= 4 is 5.91 Å². The molecule has 1 amide bonds. The van der Waals surface area contributed by atoms with Crippen molar-refractivity contribution in [2.45, 2.75) is 25.8 Å². The molecule has 7 nitrogen and oxygen atoms in total. The minimum absolute atomic E-state index is 0.0939. The Morgan fingerprint density at radius 2 is 2.08 bits per heavy atom. The molecule has 140 valence electrons. The van der Waals surface area contributed by atoms with Gasteiger partial charge in [-0.3, -0.25) is 9.69 Å². The zero-order chi connectivity index (χ0) is 18.2. The molecule has 0 radical (unpaired) electrons. The number of nitrogens with one attached hydrogen (secondary N) is 1. The maximum atomic E-state index is 12.2. The lowest BCUT2D eigenvalue weighted by molar-refractivity contribution is -0.126. The van der Waals surface area contributed by atoms with Gasteiger partial charge in [0.1, 0.15) is 0 Å². The Morgan fingerprint density at radius 3 is 2.81 bits per heavy atom. The molecule has 0 unspecified atom stereocenters. The van der Waals surface area contributed by atoms with Crippen LogP contribution in [-0.4, -0.2) is 54.3 Å². The summed E-state index contributed by atoms with van der Waals surface area (Å²) in [6, 6.07) is 9.80. The third-order valence-corrected chi connectivity index (χ3v) is 4.64. The summed E-state index contributed by atoms with van der Waals surface area (Å²) in [5.41, 5.74) is 0.950. The third kappa shape index (κ3) is 5.12. The van der Waals surface area contributed by atoms with Crippen molar-refractivity contribution in [1.29, 1.82) is 0 Å². The number of methoxy groups -OCH3 is 1. The predicted molar refractivity (Wildman–Crippen MR) is 97.2 cm³/mol. The number of likely N-dealkylation sites (tertiary alicyclic amines) is 1. The van der Waals surface area contributed by atoms with Crippen LogP contribution < -0.4 is 5.32 Å². The molecule has 1 aromatic carbocycles. The minimum atomic E-state index is 0.0939. The number of aromatic nitrogens is 2. The summed E-state index contributed by atoms with van der Waals surface area (Å²) in [5, 5.41) is 7.05. The number of hydrogen-bond donors (Lipinski definition) is 1. The van der Waals surface area contributed by atoms with Gasteiger partial charge in [0.25, 0.3) is 0 Å². The van der Waals surface area contributed by atoms with Crippen molar-refractivity contribution in [3.05, 3.63) is 36.2 Å². The van der Waals surface area contributed by atoms with Gasteiger partial charge in [-0.1, -0.05) is 35.5 Å². The van der Waals surface area contributed by atoms with Gasteiger partial charge in [0.2, 0.25) is 17.6 Å². The fraction of sp³-hybridized carbons (Fsp3) is 0.526. The molecule has 1 aromatic heterocycles. The lowest BCUT2D eigenvalue weighted by atomic mass is 9.96. The summed E-state index contributed by atoms with van der Waals surface area (Å²) in [7, 11) is 1.67. The maximum absolute atomic E-state index is 12.2. The molecule has 2 heterocycles. The van der Waals surface area contributed by atoms with E-state index in [1.165, 1.54) is 0 Å². The topological polar surface area (TPSA) is 80.5 Å². The average molecular weight is 358 g/mol. The van der Waals surface area contributed by atoms with Crippen LogP contribution in [0.5, 0.6) is 0 Å². The summed E-state index contributed by atoms with van der Waals surface area (Å²) < 4.78 is 10.4. The van der Waals surface area contributed by atoms with E-state index in [9.17, 15) is 4.79 Å². The van der Waals surface area contributed by atoms with Gasteiger partial charge in [-0.15, -0.1) is 0 Å². The number of hydrogen-bond acceptors (Lipinski definition) is 6. The number of amides is 1. The second-order valence-corrected chi connectivity index (χ2v) is 6.57. The predicted octanol–water partition coefficient (Wildman–Crippen LogP) is 2.10. The standard InChI is InChI=1S/C19H26N4O3/c1-25-13-5-10-20-19(24)16-8-11-23(12-9-16)14-17-21-18(22-26-17)15-6-3-2-4-7-15/h2-4,6-7,16H,5,8-14H2,1H3,(H,20,24). The van der Waals surface area contributed by atoms with Gasteiger partial charge in [-0.05, 0) is 32.4 Å². The van der Waals surface area contributed by atoms with Crippen molar-refractivity contribution in [3.63, 3.8) is 0 Å². The number of ether oxygens (including phenoxy) is 1. The highest BCUT2D eigenvalue weighted by Crippen LogP contribution is 2.20. The van der Waals surface area contributed by atoms with E-state index >= 15 is 0 Å². The summed E-state index contributed by atoms with van der Waals surface area (Å²) in [5.74, 6) is 1.48. The summed E-state index contributed by atoms with van der Waals surface area (Å²) in [6.07, 6.45) is 2.56. The first-order valence-corrected chi connectivity index (χ1v) is 9.13. The Kier molecular flexibility index (Phi) is 6.74. The van der Waals surface area contributed by atoms with Crippen molar-refractivity contribution in [2.75, 3.05) is 33.4 Å². The fourth-order valence-corrected chi connectivity index (χ4v) is 3.14. The van der Waals surface area contributed by atoms with Crippen LogP contribution in [0.15, 0.2) is 34.9 Å². The molecular weight excluding hydrogens is 332 g/mol. The van der Waals surface area contributed by atoms with Gasteiger partial charge < -0.3 is 14.6 Å². The van der Waals surface area contributed by atoms with E-state index in [1.807, 2.05) is 30.3 Å². The first kappa shape index (κ1) is 18.5. The van der Waals surface area contributed by atoms with E-state index in [2.05, 4.69) is 20.4 Å². The van der Waals surface area contributed by atoms with E-state index in [0.29, 0.717) is 31.4 Å². The van der Waals surface area contributed by atoms with Crippen molar-refractivity contribution in [2.24, 2.45) is 5.92 Å². The fourth-order valence-electron chi connectivity index (χ4n) is 3.14. The number of piperidine rings is 1. The molecule has 1 saturated heterocycles. The van der Waals surface area contributed by atoms with Crippen LogP contribution in [0.4, 0.5) is 0 Å². The van der Waals surface area contributed by atoms with Gasteiger partial charge in [0.15, 0.2) is 0 Å². The van der Waals surface area contributed by atoms with Gasteiger partial charge in [0, 0.05) is 31.7 Å². The quantitative estimate of drug-likeness (QED) is 0.728. The van der Waals surface area contributed by atoms with Crippen LogP contribution in [0.1, 0.15) is 25.2 Å². The highest BCUT2D eigenvalue weighted by atomic mass is 16.5. The molecule has 0 saturated carbocycles. The second-order valence-electron chi connectivity index (χ2n) is 6.57. The lowest BCUT2D eigenvalue weighted by Gasteiger charge is -2.30. The Morgan fingerprint density at radius 1 is 1.31 bits per heavy atom. The average Bonchev–Trinajstić information content (AvgIpc) is 3.15. The molecule has 7 heteroatoms. The molecule has 1 N–H and O–H groups in total. The van der Waals surface area contributed by atoms with Gasteiger partial charge >= 0.3 is 0 Å². The first-order valence-electron chi connectivity index (χ1n) is 9.13. The molecule has 2 aromatic rings. The van der Waals surface area contributed by atoms with Gasteiger partial charge in [-0.25, -0.2) is 0 Å². The van der Waals surface area contributed by atoms with Crippen LogP contribution in [0.25, 0.3) is 11.4 Å². The number of benzene rings is 1. The molecule has 1 fully saturated rings. The number of nitrogens with zero attached hydrogens (tertiary/aromatic N) is 3. The first-order chi connectivity index (χ1) is 12.8. The van der Waals surface area contributed by atoms with Crippen LogP contribution in [0.3, 0.4) is 0 Å². The van der Waals surface area contributed by atoms with E-state index < -0.39 is 0 Å². The van der Waals surface area contributed by atoms with Crippen molar-refractivity contribution in [3.8, 4) is 11.4 Å². The highest BCUT2D eigenvalue weighted by Gasteiger charge is 2.25. The summed E-state index contributed by atoms with van der Waals surface area (Å²) in [6.45, 7) is 3.70. The van der Waals surface area contributed by atoms with Crippen LogP contribution in [0.2, 0.25) is 0 Å². The molecule has 0 spiro atoms. The maximum Gasteiger partial charge on any atom is 0.241 e. The van der Waals surface area contributed by atoms with E-state index in [4.69, 9.17) is 9.26 Å². The summed E-state index contributed by atoms with van der Waals surface area (Å²) >= 11 is 0. The highest BCUT2D eigenvalue weighted by molar-refractivity contribution is 5.78. The number of carbonyl (C=O) groups is 1. The minimum Gasteiger partial charge on any atom is -0.385 e. The number of rotatable bonds is 8. The Hall–Kier alpha value is -2.25. The van der Waals surface area contributed by atoms with Crippen molar-refractivity contribution < 1.29 is 14.1 Å². The van der Waals surface area contributed by atoms with E-state index in [0.717, 1.165) is 37.9 Å². The van der Waals surface area contributed by atoms with E-state index in [-0.39, 0.29) is 11.8 Å². The molecule has 0 aliphatic carbocycles. The second kappa shape index (κ2) is 9.45. The van der Waals surface area contributed by atoms with Crippen LogP contribution in [0, 0.1) is 5.92 Å². The molecule has 1 aliphatic heterocycles. The van der Waals surface area contributed by atoms with Gasteiger partial charge in [-0.2, -0.15) is 4.98 Å². The van der Waals surface area contributed by atoms with Crippen LogP contribution >= 0.6 is 0 Å². The largest absolute Gasteiger partial charge is 0.385 e. The lowest BCUT2D eigenvalue weighted by Crippen LogP contribution is -2.40. The Bertz CT molecular complexity index is 681. The molecular formula is C19H26N4O3. The molecule has 0 atom stereocenters. The Balaban J connectivity index is 1.43. The molecule has 1 aliphatic rings. The number of carbonyl (C=O) groups excluding carboxylic acids is 1. The SMILES string of the molecule is COCCCNC(=O)C1CCN(Cc2nc(-c3ccccc3)no2)CC1. The third-order valence-electron chi connectivity index (χ3n) is 4.64. The molecule has 3 rings (SSSR count). The Labute approximate surface area is 153 Å². The van der Waals surface area contributed by atoms with Crippen LogP contribution in [-0.2, 0) is 16.1 Å². The summed E-state index contributed by atoms with van der Waals surface area (Å²) in [4.78, 5) is 18.9.